The minimum atomic E-state index is 0.0345. The summed E-state index contributed by atoms with van der Waals surface area (Å²) in [6.07, 6.45) is 5.11. The Morgan fingerprint density at radius 1 is 1.28 bits per heavy atom. The second kappa shape index (κ2) is 11.5. The minimum absolute atomic E-state index is 0.0345. The molecule has 0 radical (unpaired) electrons. The zero-order valence-electron chi connectivity index (χ0n) is 17.0. The second-order valence-corrected chi connectivity index (χ2v) is 9.11. The van der Waals surface area contributed by atoms with Gasteiger partial charge in [-0.3, -0.25) is 4.79 Å². The van der Waals surface area contributed by atoms with Gasteiger partial charge in [0.15, 0.2) is 0 Å². The van der Waals surface area contributed by atoms with Gasteiger partial charge in [-0.2, -0.15) is 0 Å². The zero-order chi connectivity index (χ0) is 20.5. The lowest BCUT2D eigenvalue weighted by molar-refractivity contribution is -0.120. The van der Waals surface area contributed by atoms with Crippen molar-refractivity contribution in [3.8, 4) is 5.75 Å². The molecule has 5 nitrogen and oxygen atoms in total. The molecule has 1 N–H and O–H groups in total. The molecule has 0 atom stereocenters. The first kappa shape index (κ1) is 22.1. The minimum Gasteiger partial charge on any atom is -0.486 e. The topological polar surface area (TPSA) is 54.5 Å². The average molecular weight is 436 g/mol. The summed E-state index contributed by atoms with van der Waals surface area (Å²) in [5.41, 5.74) is 0.796. The molecular formula is C22H30ClN3O2S. The molecule has 0 spiro atoms. The van der Waals surface area contributed by atoms with Gasteiger partial charge in [-0.25, -0.2) is 4.98 Å². The Hall–Kier alpha value is -1.63. The van der Waals surface area contributed by atoms with Crippen LogP contribution in [-0.4, -0.2) is 42.0 Å². The highest BCUT2D eigenvalue weighted by molar-refractivity contribution is 7.09. The summed E-state index contributed by atoms with van der Waals surface area (Å²) >= 11 is 7.38. The largest absolute Gasteiger partial charge is 0.486 e. The molecule has 1 aliphatic heterocycles. The molecule has 2 heterocycles. The van der Waals surface area contributed by atoms with Gasteiger partial charge >= 0.3 is 0 Å². The van der Waals surface area contributed by atoms with Crippen LogP contribution in [0.15, 0.2) is 29.6 Å². The lowest BCUT2D eigenvalue weighted by atomic mass is 9.99. The lowest BCUT2D eigenvalue weighted by Gasteiger charge is -2.30. The number of amides is 1. The molecule has 1 aliphatic rings. The number of ether oxygens (including phenoxy) is 1. The van der Waals surface area contributed by atoms with E-state index < -0.39 is 0 Å². The second-order valence-electron chi connectivity index (χ2n) is 7.73. The molecule has 2 aromatic rings. The Morgan fingerprint density at radius 2 is 2.03 bits per heavy atom. The van der Waals surface area contributed by atoms with Crippen LogP contribution in [0.3, 0.4) is 0 Å². The summed E-state index contributed by atoms with van der Waals surface area (Å²) in [7, 11) is 0. The number of rotatable bonds is 10. The Bertz CT molecular complexity index is 758. The number of carbonyl (C=O) groups is 1. The molecule has 29 heavy (non-hydrogen) atoms. The standard InChI is InChI=1S/C22H30ClN3O2S/c1-17-8-12-26(13-9-17)11-3-2-10-24-21(27)14-19-16-29-22(25-19)15-28-20-6-4-18(23)5-7-20/h4-7,16-17H,2-3,8-15H2,1H3,(H,24,27). The van der Waals surface area contributed by atoms with Crippen LogP contribution in [0.25, 0.3) is 0 Å². The van der Waals surface area contributed by atoms with E-state index in [0.29, 0.717) is 18.1 Å². The van der Waals surface area contributed by atoms with Gasteiger partial charge in [-0.1, -0.05) is 18.5 Å². The third-order valence-electron chi connectivity index (χ3n) is 5.22. The Morgan fingerprint density at radius 3 is 2.79 bits per heavy atom. The van der Waals surface area contributed by atoms with E-state index in [1.165, 1.54) is 37.3 Å². The van der Waals surface area contributed by atoms with Crippen molar-refractivity contribution in [2.75, 3.05) is 26.2 Å². The molecule has 7 heteroatoms. The van der Waals surface area contributed by atoms with E-state index >= 15 is 0 Å². The molecule has 0 aliphatic carbocycles. The number of nitrogens with one attached hydrogen (secondary N) is 1. The smallest absolute Gasteiger partial charge is 0.226 e. The lowest BCUT2D eigenvalue weighted by Crippen LogP contribution is -2.34. The van der Waals surface area contributed by atoms with Crippen LogP contribution in [0.5, 0.6) is 5.75 Å². The molecule has 0 unspecified atom stereocenters. The van der Waals surface area contributed by atoms with Crippen molar-refractivity contribution in [1.82, 2.24) is 15.2 Å². The van der Waals surface area contributed by atoms with E-state index in [1.54, 1.807) is 12.1 Å². The van der Waals surface area contributed by atoms with Gasteiger partial charge in [-0.05, 0) is 75.5 Å². The summed E-state index contributed by atoms with van der Waals surface area (Å²) in [5, 5.41) is 6.48. The molecule has 3 rings (SSSR count). The normalized spacial score (nSPS) is 15.4. The Balaban J connectivity index is 1.28. The quantitative estimate of drug-likeness (QED) is 0.556. The number of hydrogen-bond acceptors (Lipinski definition) is 5. The fourth-order valence-electron chi connectivity index (χ4n) is 3.37. The average Bonchev–Trinajstić information content (AvgIpc) is 3.16. The van der Waals surface area contributed by atoms with Gasteiger partial charge in [-0.15, -0.1) is 11.3 Å². The van der Waals surface area contributed by atoms with E-state index in [2.05, 4.69) is 22.1 Å². The van der Waals surface area contributed by atoms with Gasteiger partial charge in [0.1, 0.15) is 17.4 Å². The summed E-state index contributed by atoms with van der Waals surface area (Å²) in [5.74, 6) is 1.66. The predicted molar refractivity (Wildman–Crippen MR) is 119 cm³/mol. The van der Waals surface area contributed by atoms with Crippen LogP contribution in [0.4, 0.5) is 0 Å². The van der Waals surface area contributed by atoms with Gasteiger partial charge < -0.3 is 15.0 Å². The fourth-order valence-corrected chi connectivity index (χ4v) is 4.20. The van der Waals surface area contributed by atoms with Gasteiger partial charge in [0.2, 0.25) is 5.91 Å². The van der Waals surface area contributed by atoms with Crippen LogP contribution in [-0.2, 0) is 17.8 Å². The molecular weight excluding hydrogens is 406 g/mol. The summed E-state index contributed by atoms with van der Waals surface area (Å²) < 4.78 is 5.70. The number of unbranched alkanes of at least 4 members (excludes halogenated alkanes) is 1. The molecule has 1 aromatic heterocycles. The highest BCUT2D eigenvalue weighted by Gasteiger charge is 2.14. The van der Waals surface area contributed by atoms with E-state index in [0.717, 1.165) is 48.3 Å². The maximum Gasteiger partial charge on any atom is 0.226 e. The van der Waals surface area contributed by atoms with Crippen LogP contribution >= 0.6 is 22.9 Å². The summed E-state index contributed by atoms with van der Waals surface area (Å²) in [4.78, 5) is 19.2. The first-order chi connectivity index (χ1) is 14.1. The van der Waals surface area contributed by atoms with Crippen molar-refractivity contribution in [2.45, 2.75) is 45.6 Å². The monoisotopic (exact) mass is 435 g/mol. The number of halogens is 1. The number of carbonyl (C=O) groups excluding carboxylic acids is 1. The highest BCUT2D eigenvalue weighted by atomic mass is 35.5. The van der Waals surface area contributed by atoms with Crippen LogP contribution < -0.4 is 10.1 Å². The van der Waals surface area contributed by atoms with E-state index in [9.17, 15) is 4.79 Å². The number of thiazole rings is 1. The number of nitrogens with zero attached hydrogens (tertiary/aromatic N) is 2. The number of benzene rings is 1. The van der Waals surface area contributed by atoms with Gasteiger partial charge in [0.25, 0.3) is 0 Å². The Kier molecular flexibility index (Phi) is 8.77. The molecule has 0 bridgehead atoms. The molecule has 1 saturated heterocycles. The molecule has 1 amide bonds. The van der Waals surface area contributed by atoms with Crippen molar-refractivity contribution in [3.05, 3.63) is 45.4 Å². The first-order valence-electron chi connectivity index (χ1n) is 10.4. The third-order valence-corrected chi connectivity index (χ3v) is 6.34. The van der Waals surface area contributed by atoms with Crippen molar-refractivity contribution in [1.29, 1.82) is 0 Å². The van der Waals surface area contributed by atoms with Crippen LogP contribution in [0, 0.1) is 5.92 Å². The van der Waals surface area contributed by atoms with E-state index in [1.807, 2.05) is 17.5 Å². The molecule has 1 fully saturated rings. The highest BCUT2D eigenvalue weighted by Crippen LogP contribution is 2.18. The number of hydrogen-bond donors (Lipinski definition) is 1. The van der Waals surface area contributed by atoms with Crippen LogP contribution in [0.2, 0.25) is 5.02 Å². The van der Waals surface area contributed by atoms with Gasteiger partial charge in [0.05, 0.1) is 12.1 Å². The fraction of sp³-hybridized carbons (Fsp3) is 0.545. The summed E-state index contributed by atoms with van der Waals surface area (Å²) in [6.45, 7) is 7.06. The summed E-state index contributed by atoms with van der Waals surface area (Å²) in [6, 6.07) is 7.25. The Labute approximate surface area is 182 Å². The van der Waals surface area contributed by atoms with Gasteiger partial charge in [0, 0.05) is 16.9 Å². The maximum absolute atomic E-state index is 12.1. The number of piperidine rings is 1. The van der Waals surface area contributed by atoms with E-state index in [4.69, 9.17) is 16.3 Å². The van der Waals surface area contributed by atoms with Crippen molar-refractivity contribution in [3.63, 3.8) is 0 Å². The van der Waals surface area contributed by atoms with Crippen molar-refractivity contribution >= 4 is 28.8 Å². The maximum atomic E-state index is 12.1. The molecule has 158 valence electrons. The SMILES string of the molecule is CC1CCN(CCCCNC(=O)Cc2csc(COc3ccc(Cl)cc3)n2)CC1. The molecule has 1 aromatic carbocycles. The molecule has 0 saturated carbocycles. The predicted octanol–water partition coefficient (Wildman–Crippen LogP) is 4.55. The van der Waals surface area contributed by atoms with E-state index in [-0.39, 0.29) is 5.91 Å². The third kappa shape index (κ3) is 7.96. The van der Waals surface area contributed by atoms with Crippen molar-refractivity contribution < 1.29 is 9.53 Å². The number of aromatic nitrogens is 1. The van der Waals surface area contributed by atoms with Crippen LogP contribution in [0.1, 0.15) is 43.3 Å². The first-order valence-corrected chi connectivity index (χ1v) is 11.6. The van der Waals surface area contributed by atoms with Crippen molar-refractivity contribution in [2.24, 2.45) is 5.92 Å². The zero-order valence-corrected chi connectivity index (χ0v) is 18.6. The number of likely N-dealkylation sites (tertiary alicyclic amines) is 1.